The molecule has 1 N–H and O–H groups in total. The van der Waals surface area contributed by atoms with E-state index in [9.17, 15) is 4.79 Å². The smallest absolute Gasteiger partial charge is 0.340 e. The van der Waals surface area contributed by atoms with Crippen LogP contribution in [0, 0.1) is 6.92 Å². The van der Waals surface area contributed by atoms with Crippen LogP contribution in [0.5, 0.6) is 0 Å². The van der Waals surface area contributed by atoms with Crippen LogP contribution in [0.15, 0.2) is 0 Å². The number of carboxylic acids is 1. The predicted molar refractivity (Wildman–Crippen MR) is 50.7 cm³/mol. The highest BCUT2D eigenvalue weighted by molar-refractivity contribution is 6.32. The van der Waals surface area contributed by atoms with E-state index in [0.29, 0.717) is 11.5 Å². The molecule has 1 aromatic rings. The molecule has 0 saturated heterocycles. The van der Waals surface area contributed by atoms with Crippen LogP contribution in [0.4, 0.5) is 0 Å². The zero-order valence-electron chi connectivity index (χ0n) is 7.62. The van der Waals surface area contributed by atoms with E-state index in [4.69, 9.17) is 16.7 Å². The second kappa shape index (κ2) is 3.20. The number of aryl methyl sites for hydroxylation is 1. The minimum Gasteiger partial charge on any atom is -0.478 e. The van der Waals surface area contributed by atoms with Crippen molar-refractivity contribution in [2.75, 3.05) is 0 Å². The highest BCUT2D eigenvalue weighted by atomic mass is 35.5. The van der Waals surface area contributed by atoms with Gasteiger partial charge in [0.25, 0.3) is 0 Å². The van der Waals surface area contributed by atoms with Crippen molar-refractivity contribution in [3.05, 3.63) is 22.2 Å². The van der Waals surface area contributed by atoms with Gasteiger partial charge in [0.15, 0.2) is 0 Å². The summed E-state index contributed by atoms with van der Waals surface area (Å²) in [5, 5.41) is 9.00. The van der Waals surface area contributed by atoms with E-state index in [1.807, 2.05) is 0 Å². The van der Waals surface area contributed by atoms with Gasteiger partial charge in [-0.25, -0.2) is 14.8 Å². The highest BCUT2D eigenvalue weighted by Crippen LogP contribution is 2.41. The summed E-state index contributed by atoms with van der Waals surface area (Å²) in [6, 6.07) is 0. The van der Waals surface area contributed by atoms with E-state index in [1.165, 1.54) is 0 Å². The van der Waals surface area contributed by atoms with Crippen LogP contribution in [0.25, 0.3) is 0 Å². The van der Waals surface area contributed by atoms with E-state index >= 15 is 0 Å². The molecule has 0 aromatic carbocycles. The minimum absolute atomic E-state index is 0.0481. The molecule has 0 atom stereocenters. The Morgan fingerprint density at radius 3 is 2.64 bits per heavy atom. The van der Waals surface area contributed by atoms with Gasteiger partial charge < -0.3 is 5.11 Å². The number of rotatable bonds is 2. The lowest BCUT2D eigenvalue weighted by molar-refractivity contribution is 0.0694. The summed E-state index contributed by atoms with van der Waals surface area (Å²) >= 11 is 5.77. The molecule has 1 saturated carbocycles. The first-order valence-electron chi connectivity index (χ1n) is 4.37. The van der Waals surface area contributed by atoms with Crippen molar-refractivity contribution in [3.8, 4) is 0 Å². The number of hydrogen-bond donors (Lipinski definition) is 1. The highest BCUT2D eigenvalue weighted by Gasteiger charge is 2.31. The van der Waals surface area contributed by atoms with Crippen molar-refractivity contribution >= 4 is 17.6 Å². The molecule has 0 radical (unpaired) electrons. The first-order chi connectivity index (χ1) is 6.59. The Bertz CT molecular complexity index is 402. The Kier molecular flexibility index (Phi) is 2.15. The molecule has 5 heteroatoms. The first kappa shape index (κ1) is 9.40. The number of carbonyl (C=O) groups is 1. The fourth-order valence-corrected chi connectivity index (χ4v) is 1.71. The lowest BCUT2D eigenvalue weighted by atomic mass is 10.1. The van der Waals surface area contributed by atoms with Gasteiger partial charge in [-0.05, 0) is 19.8 Å². The van der Waals surface area contributed by atoms with Crippen LogP contribution in [0.3, 0.4) is 0 Å². The third-order valence-electron chi connectivity index (χ3n) is 2.18. The Balaban J connectivity index is 2.58. The maximum atomic E-state index is 10.9. The first-order valence-corrected chi connectivity index (χ1v) is 4.74. The second-order valence-corrected chi connectivity index (χ2v) is 3.76. The van der Waals surface area contributed by atoms with Gasteiger partial charge >= 0.3 is 5.97 Å². The Labute approximate surface area is 85.9 Å². The van der Waals surface area contributed by atoms with Crippen molar-refractivity contribution in [1.82, 2.24) is 9.97 Å². The van der Waals surface area contributed by atoms with E-state index in [2.05, 4.69) is 9.97 Å². The monoisotopic (exact) mass is 212 g/mol. The normalized spacial score (nSPS) is 15.6. The maximum absolute atomic E-state index is 10.9. The standard InChI is InChI=1S/C9H9ClN2O2/c1-4-11-7(5-2-3-5)6(9(13)14)8(10)12-4/h5H,2-3H2,1H3,(H,13,14). The Morgan fingerprint density at radius 2 is 2.14 bits per heavy atom. The molecule has 1 aliphatic rings. The number of aromatic carboxylic acids is 1. The van der Waals surface area contributed by atoms with Crippen LogP contribution in [0.2, 0.25) is 5.15 Å². The van der Waals surface area contributed by atoms with Gasteiger partial charge in [-0.1, -0.05) is 11.6 Å². The molecule has 0 bridgehead atoms. The van der Waals surface area contributed by atoms with Crippen molar-refractivity contribution < 1.29 is 9.90 Å². The molecule has 1 heterocycles. The molecule has 1 aliphatic carbocycles. The van der Waals surface area contributed by atoms with Crippen molar-refractivity contribution in [2.45, 2.75) is 25.7 Å². The van der Waals surface area contributed by atoms with Crippen LogP contribution in [0.1, 0.15) is 40.6 Å². The second-order valence-electron chi connectivity index (χ2n) is 3.40. The minimum atomic E-state index is -1.04. The van der Waals surface area contributed by atoms with Crippen LogP contribution >= 0.6 is 11.6 Å². The third-order valence-corrected chi connectivity index (χ3v) is 2.46. The number of hydrogen-bond acceptors (Lipinski definition) is 3. The molecular weight excluding hydrogens is 204 g/mol. The Hall–Kier alpha value is -1.16. The largest absolute Gasteiger partial charge is 0.478 e. The molecule has 4 nitrogen and oxygen atoms in total. The molecule has 1 fully saturated rings. The average molecular weight is 213 g/mol. The van der Waals surface area contributed by atoms with Gasteiger partial charge in [-0.15, -0.1) is 0 Å². The molecule has 2 rings (SSSR count). The summed E-state index contributed by atoms with van der Waals surface area (Å²) in [6.45, 7) is 1.71. The van der Waals surface area contributed by atoms with Gasteiger partial charge in [0.05, 0.1) is 5.69 Å². The summed E-state index contributed by atoms with van der Waals surface area (Å²) in [7, 11) is 0. The zero-order chi connectivity index (χ0) is 10.3. The molecule has 14 heavy (non-hydrogen) atoms. The van der Waals surface area contributed by atoms with E-state index < -0.39 is 5.97 Å². The summed E-state index contributed by atoms with van der Waals surface area (Å²) in [6.07, 6.45) is 1.99. The summed E-state index contributed by atoms with van der Waals surface area (Å²) in [5.41, 5.74) is 0.662. The number of aromatic nitrogens is 2. The molecular formula is C9H9ClN2O2. The molecule has 74 valence electrons. The van der Waals surface area contributed by atoms with Gasteiger partial charge in [0, 0.05) is 5.92 Å². The molecule has 0 spiro atoms. The summed E-state index contributed by atoms with van der Waals surface area (Å²) in [5.74, 6) is -0.251. The SMILES string of the molecule is Cc1nc(Cl)c(C(=O)O)c(C2CC2)n1. The number of carboxylic acid groups (broad SMARTS) is 1. The van der Waals surface area contributed by atoms with E-state index in [-0.39, 0.29) is 16.6 Å². The van der Waals surface area contributed by atoms with Crippen molar-refractivity contribution in [2.24, 2.45) is 0 Å². The van der Waals surface area contributed by atoms with Crippen molar-refractivity contribution in [1.29, 1.82) is 0 Å². The van der Waals surface area contributed by atoms with Gasteiger partial charge in [0.1, 0.15) is 16.5 Å². The van der Waals surface area contributed by atoms with Gasteiger partial charge in [-0.3, -0.25) is 0 Å². The predicted octanol–water partition coefficient (Wildman–Crippen LogP) is 2.01. The number of nitrogens with zero attached hydrogens (tertiary/aromatic N) is 2. The third kappa shape index (κ3) is 1.57. The topological polar surface area (TPSA) is 63.1 Å². The molecule has 0 amide bonds. The molecule has 1 aromatic heterocycles. The van der Waals surface area contributed by atoms with Gasteiger partial charge in [0.2, 0.25) is 0 Å². The quantitative estimate of drug-likeness (QED) is 0.762. The van der Waals surface area contributed by atoms with E-state index in [1.54, 1.807) is 6.92 Å². The summed E-state index contributed by atoms with van der Waals surface area (Å²) in [4.78, 5) is 18.9. The summed E-state index contributed by atoms with van der Waals surface area (Å²) < 4.78 is 0. The van der Waals surface area contributed by atoms with E-state index in [0.717, 1.165) is 12.8 Å². The lowest BCUT2D eigenvalue weighted by Crippen LogP contribution is -2.08. The van der Waals surface area contributed by atoms with Gasteiger partial charge in [-0.2, -0.15) is 0 Å². The zero-order valence-corrected chi connectivity index (χ0v) is 8.38. The lowest BCUT2D eigenvalue weighted by Gasteiger charge is -2.05. The fraction of sp³-hybridized carbons (Fsp3) is 0.444. The average Bonchev–Trinajstić information content (AvgIpc) is 2.82. The fourth-order valence-electron chi connectivity index (χ4n) is 1.41. The number of halogens is 1. The van der Waals surface area contributed by atoms with Crippen LogP contribution < -0.4 is 0 Å². The molecule has 0 unspecified atom stereocenters. The van der Waals surface area contributed by atoms with Crippen LogP contribution in [-0.2, 0) is 0 Å². The van der Waals surface area contributed by atoms with Crippen molar-refractivity contribution in [3.63, 3.8) is 0 Å². The Morgan fingerprint density at radius 1 is 1.50 bits per heavy atom. The maximum Gasteiger partial charge on any atom is 0.340 e. The van der Waals surface area contributed by atoms with Crippen LogP contribution in [-0.4, -0.2) is 21.0 Å². The molecule has 0 aliphatic heterocycles.